The first-order chi connectivity index (χ1) is 12.2. The number of hydrogen-bond acceptors (Lipinski definition) is 3. The highest BCUT2D eigenvalue weighted by atomic mass is 35.5. The van der Waals surface area contributed by atoms with E-state index in [2.05, 4.69) is 10.0 Å². The van der Waals surface area contributed by atoms with Crippen LogP contribution in [-0.4, -0.2) is 20.9 Å². The normalized spacial score (nSPS) is 12.6. The first kappa shape index (κ1) is 21.0. The van der Waals surface area contributed by atoms with Crippen molar-refractivity contribution in [2.75, 3.05) is 6.54 Å². The van der Waals surface area contributed by atoms with Gasteiger partial charge in [-0.3, -0.25) is 4.79 Å². The van der Waals surface area contributed by atoms with Crippen LogP contribution in [0.15, 0.2) is 47.4 Å². The van der Waals surface area contributed by atoms with Crippen molar-refractivity contribution in [3.05, 3.63) is 63.1 Å². The number of halogens is 3. The van der Waals surface area contributed by atoms with Crippen molar-refractivity contribution in [3.8, 4) is 0 Å². The Balaban J connectivity index is 1.87. The zero-order valence-corrected chi connectivity index (χ0v) is 16.9. The minimum absolute atomic E-state index is 0.0115. The average molecular weight is 436 g/mol. The molecule has 0 fully saturated rings. The topological polar surface area (TPSA) is 75.3 Å². The van der Waals surface area contributed by atoms with E-state index in [0.717, 1.165) is 5.56 Å². The van der Waals surface area contributed by atoms with E-state index in [0.29, 0.717) is 15.1 Å². The molecule has 0 bridgehead atoms. The number of benzene rings is 2. The third-order valence-electron chi connectivity index (χ3n) is 3.57. The van der Waals surface area contributed by atoms with Gasteiger partial charge in [-0.25, -0.2) is 13.1 Å². The van der Waals surface area contributed by atoms with E-state index in [1.54, 1.807) is 25.1 Å². The molecule has 0 aromatic heterocycles. The fraction of sp³-hybridized carbons (Fsp3) is 0.235. The molecule has 26 heavy (non-hydrogen) atoms. The molecule has 0 saturated heterocycles. The fourth-order valence-electron chi connectivity index (χ4n) is 2.24. The molecule has 0 aliphatic heterocycles. The van der Waals surface area contributed by atoms with Crippen molar-refractivity contribution in [2.24, 2.45) is 0 Å². The molecular formula is C17H17Cl3N2O3S. The summed E-state index contributed by atoms with van der Waals surface area (Å²) in [4.78, 5) is 12.1. The maximum absolute atomic E-state index is 12.1. The van der Waals surface area contributed by atoms with Gasteiger partial charge in [0.25, 0.3) is 0 Å². The lowest BCUT2D eigenvalue weighted by Gasteiger charge is -2.16. The molecule has 2 rings (SSSR count). The van der Waals surface area contributed by atoms with Crippen LogP contribution >= 0.6 is 34.8 Å². The summed E-state index contributed by atoms with van der Waals surface area (Å²) in [7, 11) is -3.69. The smallest absolute Gasteiger partial charge is 0.240 e. The Morgan fingerprint density at radius 1 is 1.04 bits per heavy atom. The highest BCUT2D eigenvalue weighted by molar-refractivity contribution is 7.89. The second-order valence-electron chi connectivity index (χ2n) is 5.56. The van der Waals surface area contributed by atoms with Gasteiger partial charge in [-0.1, -0.05) is 40.9 Å². The van der Waals surface area contributed by atoms with Gasteiger partial charge < -0.3 is 5.32 Å². The summed E-state index contributed by atoms with van der Waals surface area (Å²) in [6.45, 7) is 1.75. The van der Waals surface area contributed by atoms with Gasteiger partial charge in [0.15, 0.2) is 0 Å². The van der Waals surface area contributed by atoms with Gasteiger partial charge in [-0.15, -0.1) is 0 Å². The standard InChI is InChI=1S/C17H17Cl3N2O3S/c1-11(15-7-4-13(19)10-16(15)20)22-17(23)8-9-21-26(24,25)14-5-2-12(18)3-6-14/h2-7,10-11,21H,8-9H2,1H3,(H,22,23). The quantitative estimate of drug-likeness (QED) is 0.684. The van der Waals surface area contributed by atoms with Gasteiger partial charge in [0, 0.05) is 28.0 Å². The van der Waals surface area contributed by atoms with Gasteiger partial charge in [0.05, 0.1) is 10.9 Å². The van der Waals surface area contributed by atoms with Crippen LogP contribution in [0.25, 0.3) is 0 Å². The molecule has 1 amide bonds. The Morgan fingerprint density at radius 2 is 1.65 bits per heavy atom. The number of amides is 1. The molecular weight excluding hydrogens is 419 g/mol. The van der Waals surface area contributed by atoms with E-state index in [9.17, 15) is 13.2 Å². The van der Waals surface area contributed by atoms with E-state index in [-0.39, 0.29) is 29.8 Å². The van der Waals surface area contributed by atoms with Crippen molar-refractivity contribution >= 4 is 50.7 Å². The molecule has 2 aromatic rings. The molecule has 1 atom stereocenters. The lowest BCUT2D eigenvalue weighted by Crippen LogP contribution is -2.32. The Morgan fingerprint density at radius 3 is 2.27 bits per heavy atom. The lowest BCUT2D eigenvalue weighted by molar-refractivity contribution is -0.121. The second kappa shape index (κ2) is 9.06. The first-order valence-corrected chi connectivity index (χ1v) is 10.3. The molecule has 9 heteroatoms. The van der Waals surface area contributed by atoms with Crippen molar-refractivity contribution in [1.82, 2.24) is 10.0 Å². The van der Waals surface area contributed by atoms with E-state index in [4.69, 9.17) is 34.8 Å². The number of sulfonamides is 1. The highest BCUT2D eigenvalue weighted by Gasteiger charge is 2.16. The second-order valence-corrected chi connectivity index (χ2v) is 8.60. The molecule has 2 aromatic carbocycles. The maximum Gasteiger partial charge on any atom is 0.240 e. The summed E-state index contributed by atoms with van der Waals surface area (Å²) in [6, 6.07) is 10.5. The third kappa shape index (κ3) is 5.86. The van der Waals surface area contributed by atoms with Gasteiger partial charge in [-0.05, 0) is 48.9 Å². The van der Waals surface area contributed by atoms with Crippen LogP contribution in [0.5, 0.6) is 0 Å². The monoisotopic (exact) mass is 434 g/mol. The van der Waals surface area contributed by atoms with E-state index in [1.165, 1.54) is 24.3 Å². The molecule has 0 aliphatic rings. The minimum Gasteiger partial charge on any atom is -0.349 e. The molecule has 140 valence electrons. The number of carbonyl (C=O) groups excluding carboxylic acids is 1. The lowest BCUT2D eigenvalue weighted by atomic mass is 10.1. The number of hydrogen-bond donors (Lipinski definition) is 2. The summed E-state index contributed by atoms with van der Waals surface area (Å²) in [5.41, 5.74) is 0.728. The van der Waals surface area contributed by atoms with Crippen LogP contribution in [-0.2, 0) is 14.8 Å². The van der Waals surface area contributed by atoms with Gasteiger partial charge >= 0.3 is 0 Å². The predicted octanol–water partition coefficient (Wildman–Crippen LogP) is 4.19. The number of nitrogens with one attached hydrogen (secondary N) is 2. The fourth-order valence-corrected chi connectivity index (χ4v) is 3.97. The maximum atomic E-state index is 12.1. The summed E-state index contributed by atoms with van der Waals surface area (Å²) in [6.07, 6.45) is -0.0115. The van der Waals surface area contributed by atoms with E-state index >= 15 is 0 Å². The van der Waals surface area contributed by atoms with Crippen LogP contribution in [0, 0.1) is 0 Å². The van der Waals surface area contributed by atoms with Crippen LogP contribution in [0.2, 0.25) is 15.1 Å². The van der Waals surface area contributed by atoms with Crippen molar-refractivity contribution < 1.29 is 13.2 Å². The summed E-state index contributed by atoms with van der Waals surface area (Å²) < 4.78 is 26.6. The van der Waals surface area contributed by atoms with Crippen LogP contribution in [0.4, 0.5) is 0 Å². The average Bonchev–Trinajstić information content (AvgIpc) is 2.54. The number of rotatable bonds is 7. The molecule has 0 saturated carbocycles. The third-order valence-corrected chi connectivity index (χ3v) is 5.87. The Hall–Kier alpha value is -1.31. The van der Waals surface area contributed by atoms with Gasteiger partial charge in [-0.2, -0.15) is 0 Å². The zero-order chi connectivity index (χ0) is 19.3. The highest BCUT2D eigenvalue weighted by Crippen LogP contribution is 2.26. The summed E-state index contributed by atoms with van der Waals surface area (Å²) in [5.74, 6) is -0.303. The number of carbonyl (C=O) groups is 1. The van der Waals surface area contributed by atoms with Crippen molar-refractivity contribution in [1.29, 1.82) is 0 Å². The molecule has 1 unspecified atom stereocenters. The van der Waals surface area contributed by atoms with Gasteiger partial charge in [0.1, 0.15) is 0 Å². The Labute approximate surface area is 167 Å². The summed E-state index contributed by atoms with van der Waals surface area (Å²) >= 11 is 17.7. The molecule has 0 radical (unpaired) electrons. The SMILES string of the molecule is CC(NC(=O)CCNS(=O)(=O)c1ccc(Cl)cc1)c1ccc(Cl)cc1Cl. The molecule has 0 heterocycles. The van der Waals surface area contributed by atoms with E-state index in [1.807, 2.05) is 0 Å². The predicted molar refractivity (Wildman–Crippen MR) is 104 cm³/mol. The van der Waals surface area contributed by atoms with Crippen LogP contribution in [0.3, 0.4) is 0 Å². The molecule has 2 N–H and O–H groups in total. The van der Waals surface area contributed by atoms with Crippen molar-refractivity contribution in [2.45, 2.75) is 24.3 Å². The van der Waals surface area contributed by atoms with Gasteiger partial charge in [0.2, 0.25) is 15.9 Å². The molecule has 0 spiro atoms. The Kier molecular flexibility index (Phi) is 7.32. The molecule has 0 aliphatic carbocycles. The Bertz CT molecular complexity index is 887. The van der Waals surface area contributed by atoms with Crippen LogP contribution < -0.4 is 10.0 Å². The van der Waals surface area contributed by atoms with Crippen LogP contribution in [0.1, 0.15) is 24.9 Å². The largest absolute Gasteiger partial charge is 0.349 e. The summed E-state index contributed by atoms with van der Waals surface area (Å²) in [5, 5.41) is 4.17. The zero-order valence-electron chi connectivity index (χ0n) is 13.8. The van der Waals surface area contributed by atoms with Crippen molar-refractivity contribution in [3.63, 3.8) is 0 Å². The molecule has 5 nitrogen and oxygen atoms in total. The van der Waals surface area contributed by atoms with E-state index < -0.39 is 10.0 Å². The minimum atomic E-state index is -3.69. The first-order valence-electron chi connectivity index (χ1n) is 7.68.